The second kappa shape index (κ2) is 7.43. The molecule has 25 heavy (non-hydrogen) atoms. The molecule has 0 aliphatic carbocycles. The van der Waals surface area contributed by atoms with Gasteiger partial charge in [-0.15, -0.1) is 11.3 Å². The molecule has 3 rings (SSSR count). The number of carbonyl (C=O) groups excluding carboxylic acids is 2. The molecule has 0 aliphatic heterocycles. The van der Waals surface area contributed by atoms with Gasteiger partial charge in [-0.2, -0.15) is 0 Å². The number of nitrogens with zero attached hydrogens (tertiary/aromatic N) is 3. The summed E-state index contributed by atoms with van der Waals surface area (Å²) >= 11 is 13.2. The van der Waals surface area contributed by atoms with Crippen LogP contribution in [0.15, 0.2) is 36.0 Å². The summed E-state index contributed by atoms with van der Waals surface area (Å²) in [7, 11) is 1.58. The van der Waals surface area contributed by atoms with E-state index in [1.807, 2.05) is 22.2 Å². The van der Waals surface area contributed by atoms with Gasteiger partial charge in [0.15, 0.2) is 4.96 Å². The molecule has 6 nitrogen and oxygen atoms in total. The van der Waals surface area contributed by atoms with E-state index in [1.165, 1.54) is 16.2 Å². The molecular weight excluding hydrogens is 383 g/mol. The van der Waals surface area contributed by atoms with Crippen LogP contribution in [-0.4, -0.2) is 39.7 Å². The van der Waals surface area contributed by atoms with Gasteiger partial charge in [0, 0.05) is 30.5 Å². The standard InChI is InChI=1S/C16H14Cl2N4O2S/c1-21(9-14(23)19-10-2-3-12(17)13(18)6-10)15(24)7-11-8-22-4-5-25-16(22)20-11/h2-6,8H,7,9H2,1H3,(H,19,23). The van der Waals surface area contributed by atoms with Gasteiger partial charge in [-0.3, -0.25) is 14.0 Å². The number of amides is 2. The fourth-order valence-electron chi connectivity index (χ4n) is 2.23. The summed E-state index contributed by atoms with van der Waals surface area (Å²) in [5.74, 6) is -0.505. The SMILES string of the molecule is CN(CC(=O)Nc1ccc(Cl)c(Cl)c1)C(=O)Cc1cn2ccsc2n1. The Labute approximate surface area is 158 Å². The summed E-state index contributed by atoms with van der Waals surface area (Å²) < 4.78 is 1.87. The van der Waals surface area contributed by atoms with Crippen molar-refractivity contribution in [3.8, 4) is 0 Å². The van der Waals surface area contributed by atoms with Crippen molar-refractivity contribution in [1.29, 1.82) is 0 Å². The highest BCUT2D eigenvalue weighted by Crippen LogP contribution is 2.24. The Morgan fingerprint density at radius 2 is 2.12 bits per heavy atom. The second-order valence-electron chi connectivity index (χ2n) is 5.43. The number of anilines is 1. The molecular formula is C16H14Cl2N4O2S. The van der Waals surface area contributed by atoms with Crippen LogP contribution >= 0.6 is 34.5 Å². The van der Waals surface area contributed by atoms with E-state index in [2.05, 4.69) is 10.3 Å². The lowest BCUT2D eigenvalue weighted by Crippen LogP contribution is -2.35. The van der Waals surface area contributed by atoms with Crippen LogP contribution in [0.3, 0.4) is 0 Å². The summed E-state index contributed by atoms with van der Waals surface area (Å²) in [6.07, 6.45) is 3.84. The third kappa shape index (κ3) is 4.31. The van der Waals surface area contributed by atoms with Gasteiger partial charge < -0.3 is 10.2 Å². The van der Waals surface area contributed by atoms with E-state index < -0.39 is 0 Å². The number of likely N-dealkylation sites (N-methyl/N-ethyl adjacent to an activating group) is 1. The predicted octanol–water partition coefficient (Wildman–Crippen LogP) is 3.34. The first kappa shape index (κ1) is 17.7. The average Bonchev–Trinajstić information content (AvgIpc) is 3.12. The lowest BCUT2D eigenvalue weighted by molar-refractivity contribution is -0.132. The fraction of sp³-hybridized carbons (Fsp3) is 0.188. The zero-order chi connectivity index (χ0) is 18.0. The molecule has 0 radical (unpaired) electrons. The fourth-order valence-corrected chi connectivity index (χ4v) is 3.25. The number of hydrogen-bond acceptors (Lipinski definition) is 4. The highest BCUT2D eigenvalue weighted by Gasteiger charge is 2.16. The largest absolute Gasteiger partial charge is 0.336 e. The van der Waals surface area contributed by atoms with Gasteiger partial charge in [0.1, 0.15) is 0 Å². The van der Waals surface area contributed by atoms with Crippen LogP contribution in [0, 0.1) is 0 Å². The predicted molar refractivity (Wildman–Crippen MR) is 99.5 cm³/mol. The topological polar surface area (TPSA) is 66.7 Å². The maximum absolute atomic E-state index is 12.3. The van der Waals surface area contributed by atoms with Crippen molar-refractivity contribution in [2.24, 2.45) is 0 Å². The van der Waals surface area contributed by atoms with Crippen LogP contribution in [0.25, 0.3) is 4.96 Å². The zero-order valence-corrected chi connectivity index (χ0v) is 15.5. The molecule has 2 amide bonds. The molecule has 2 aromatic heterocycles. The lowest BCUT2D eigenvalue weighted by atomic mass is 10.3. The molecule has 0 fully saturated rings. The molecule has 3 aromatic rings. The summed E-state index contributed by atoms with van der Waals surface area (Å²) in [5, 5.41) is 5.37. The number of imidazole rings is 1. The average molecular weight is 397 g/mol. The van der Waals surface area contributed by atoms with E-state index in [0.717, 1.165) is 4.96 Å². The molecule has 0 bridgehead atoms. The number of benzene rings is 1. The van der Waals surface area contributed by atoms with Gasteiger partial charge in [0.05, 0.1) is 28.7 Å². The van der Waals surface area contributed by atoms with Gasteiger partial charge in [0.2, 0.25) is 11.8 Å². The first-order chi connectivity index (χ1) is 11.9. The minimum absolute atomic E-state index is 0.0682. The van der Waals surface area contributed by atoms with Gasteiger partial charge >= 0.3 is 0 Å². The summed E-state index contributed by atoms with van der Waals surface area (Å²) in [4.78, 5) is 30.9. The number of nitrogens with one attached hydrogen (secondary N) is 1. The van der Waals surface area contributed by atoms with Crippen molar-refractivity contribution in [2.45, 2.75) is 6.42 Å². The summed E-state index contributed by atoms with van der Waals surface area (Å²) in [6.45, 7) is -0.0682. The third-order valence-corrected chi connectivity index (χ3v) is 5.00. The van der Waals surface area contributed by atoms with Gasteiger partial charge in [-0.25, -0.2) is 4.98 Å². The van der Waals surface area contributed by atoms with Crippen molar-refractivity contribution >= 4 is 57.0 Å². The third-order valence-electron chi connectivity index (χ3n) is 3.49. The second-order valence-corrected chi connectivity index (χ2v) is 7.12. The number of rotatable bonds is 5. The Hall–Kier alpha value is -2.09. The van der Waals surface area contributed by atoms with Crippen LogP contribution in [0.2, 0.25) is 10.0 Å². The van der Waals surface area contributed by atoms with Gasteiger partial charge in [-0.05, 0) is 18.2 Å². The maximum atomic E-state index is 12.3. The first-order valence-corrected chi connectivity index (χ1v) is 8.96. The number of thiazole rings is 1. The van der Waals surface area contributed by atoms with Crippen molar-refractivity contribution < 1.29 is 9.59 Å². The van der Waals surface area contributed by atoms with E-state index in [4.69, 9.17) is 23.2 Å². The Kier molecular flexibility index (Phi) is 5.27. The highest BCUT2D eigenvalue weighted by molar-refractivity contribution is 7.15. The van der Waals surface area contributed by atoms with Crippen LogP contribution in [0.4, 0.5) is 5.69 Å². The van der Waals surface area contributed by atoms with Crippen LogP contribution in [0.1, 0.15) is 5.69 Å². The first-order valence-electron chi connectivity index (χ1n) is 7.32. The number of hydrogen-bond donors (Lipinski definition) is 1. The Balaban J connectivity index is 1.55. The monoisotopic (exact) mass is 396 g/mol. The maximum Gasteiger partial charge on any atom is 0.243 e. The molecule has 0 atom stereocenters. The number of halogens is 2. The molecule has 0 aliphatic rings. The number of carbonyl (C=O) groups is 2. The molecule has 2 heterocycles. The van der Waals surface area contributed by atoms with Crippen LogP contribution in [0.5, 0.6) is 0 Å². The molecule has 0 unspecified atom stereocenters. The number of fused-ring (bicyclic) bond motifs is 1. The molecule has 1 aromatic carbocycles. The van der Waals surface area contributed by atoms with Crippen LogP contribution in [-0.2, 0) is 16.0 Å². The minimum atomic E-state index is -0.319. The van der Waals surface area contributed by atoms with E-state index in [1.54, 1.807) is 25.2 Å². The van der Waals surface area contributed by atoms with E-state index in [-0.39, 0.29) is 24.8 Å². The molecule has 130 valence electrons. The molecule has 9 heteroatoms. The van der Waals surface area contributed by atoms with Gasteiger partial charge in [0.25, 0.3) is 0 Å². The van der Waals surface area contributed by atoms with E-state index in [0.29, 0.717) is 21.4 Å². The molecule has 0 saturated carbocycles. The Bertz CT molecular complexity index is 909. The quantitative estimate of drug-likeness (QED) is 0.718. The van der Waals surface area contributed by atoms with Gasteiger partial charge in [-0.1, -0.05) is 23.2 Å². The normalized spacial score (nSPS) is 10.8. The Morgan fingerprint density at radius 3 is 2.84 bits per heavy atom. The van der Waals surface area contributed by atoms with Crippen molar-refractivity contribution in [3.05, 3.63) is 51.7 Å². The summed E-state index contributed by atoms with van der Waals surface area (Å²) in [6, 6.07) is 4.80. The number of aromatic nitrogens is 2. The van der Waals surface area contributed by atoms with Crippen molar-refractivity contribution in [2.75, 3.05) is 18.9 Å². The van der Waals surface area contributed by atoms with E-state index in [9.17, 15) is 9.59 Å². The van der Waals surface area contributed by atoms with Crippen molar-refractivity contribution in [3.63, 3.8) is 0 Å². The smallest absolute Gasteiger partial charge is 0.243 e. The van der Waals surface area contributed by atoms with Crippen LogP contribution < -0.4 is 5.32 Å². The zero-order valence-electron chi connectivity index (χ0n) is 13.2. The summed E-state index contributed by atoms with van der Waals surface area (Å²) in [5.41, 5.74) is 1.20. The minimum Gasteiger partial charge on any atom is -0.336 e. The van der Waals surface area contributed by atoms with E-state index >= 15 is 0 Å². The molecule has 0 saturated heterocycles. The Morgan fingerprint density at radius 1 is 1.32 bits per heavy atom. The van der Waals surface area contributed by atoms with Crippen molar-refractivity contribution in [1.82, 2.24) is 14.3 Å². The molecule has 1 N–H and O–H groups in total. The molecule has 0 spiro atoms. The highest BCUT2D eigenvalue weighted by atomic mass is 35.5. The lowest BCUT2D eigenvalue weighted by Gasteiger charge is -2.16.